The van der Waals surface area contributed by atoms with E-state index in [2.05, 4.69) is 19.2 Å². The van der Waals surface area contributed by atoms with E-state index in [1.807, 2.05) is 0 Å². The van der Waals surface area contributed by atoms with Crippen molar-refractivity contribution in [1.29, 1.82) is 0 Å². The van der Waals surface area contributed by atoms with Gasteiger partial charge < -0.3 is 10.1 Å². The van der Waals surface area contributed by atoms with Crippen molar-refractivity contribution < 1.29 is 9.53 Å². The maximum Gasteiger partial charge on any atom is 0.293 e. The molecule has 1 aliphatic heterocycles. The normalized spacial score (nSPS) is 19.7. The third kappa shape index (κ3) is 4.97. The Morgan fingerprint density at radius 1 is 1.38 bits per heavy atom. The first-order chi connectivity index (χ1) is 7.74. The first-order valence-electron chi connectivity index (χ1n) is 6.54. The van der Waals surface area contributed by atoms with Gasteiger partial charge >= 0.3 is 0 Å². The Morgan fingerprint density at radius 3 is 2.62 bits per heavy atom. The van der Waals surface area contributed by atoms with Gasteiger partial charge in [0.25, 0.3) is 6.47 Å². The van der Waals surface area contributed by atoms with Gasteiger partial charge in [-0.15, -0.1) is 0 Å². The van der Waals surface area contributed by atoms with Crippen LogP contribution in [0.3, 0.4) is 0 Å². The smallest absolute Gasteiger partial charge is 0.293 e. The molecule has 0 spiro atoms. The first kappa shape index (κ1) is 13.5. The number of hydrogen-bond acceptors (Lipinski definition) is 3. The zero-order chi connectivity index (χ0) is 11.8. The molecule has 0 aromatic heterocycles. The lowest BCUT2D eigenvalue weighted by Gasteiger charge is -2.24. The number of hydrogen-bond donors (Lipinski definition) is 1. The summed E-state index contributed by atoms with van der Waals surface area (Å²) < 4.78 is 5.10. The minimum Gasteiger partial charge on any atom is -0.464 e. The molecule has 94 valence electrons. The zero-order valence-electron chi connectivity index (χ0n) is 10.6. The molecule has 0 amide bonds. The molecule has 1 N–H and O–H groups in total. The Labute approximate surface area is 98.9 Å². The summed E-state index contributed by atoms with van der Waals surface area (Å²) in [4.78, 5) is 10.4. The second-order valence-electron chi connectivity index (χ2n) is 5.14. The van der Waals surface area contributed by atoms with E-state index in [4.69, 9.17) is 4.74 Å². The second kappa shape index (κ2) is 7.66. The van der Waals surface area contributed by atoms with Gasteiger partial charge in [0.1, 0.15) is 6.10 Å². The molecule has 1 aliphatic rings. The molecule has 1 heterocycles. The summed E-state index contributed by atoms with van der Waals surface area (Å²) in [5, 5.41) is 3.38. The third-order valence-electron chi connectivity index (χ3n) is 3.53. The van der Waals surface area contributed by atoms with Gasteiger partial charge in [0.15, 0.2) is 0 Å². The summed E-state index contributed by atoms with van der Waals surface area (Å²) in [6, 6.07) is 0. The van der Waals surface area contributed by atoms with Crippen LogP contribution in [0.25, 0.3) is 0 Å². The predicted molar refractivity (Wildman–Crippen MR) is 65.2 cm³/mol. The Morgan fingerprint density at radius 2 is 2.06 bits per heavy atom. The topological polar surface area (TPSA) is 38.3 Å². The highest BCUT2D eigenvalue weighted by molar-refractivity contribution is 5.37. The van der Waals surface area contributed by atoms with Crippen LogP contribution in [0, 0.1) is 11.8 Å². The van der Waals surface area contributed by atoms with E-state index < -0.39 is 0 Å². The summed E-state index contributed by atoms with van der Waals surface area (Å²) in [6.07, 6.45) is 6.20. The maximum atomic E-state index is 10.4. The van der Waals surface area contributed by atoms with Crippen molar-refractivity contribution in [1.82, 2.24) is 5.32 Å². The number of carbonyl (C=O) groups is 1. The fourth-order valence-electron chi connectivity index (χ4n) is 2.41. The van der Waals surface area contributed by atoms with E-state index in [1.165, 1.54) is 38.8 Å². The van der Waals surface area contributed by atoms with Crippen molar-refractivity contribution in [3.63, 3.8) is 0 Å². The van der Waals surface area contributed by atoms with E-state index in [-0.39, 0.29) is 6.10 Å². The molecule has 1 atom stereocenters. The van der Waals surface area contributed by atoms with E-state index >= 15 is 0 Å². The fourth-order valence-corrected chi connectivity index (χ4v) is 2.41. The number of ether oxygens (including phenoxy) is 1. The third-order valence-corrected chi connectivity index (χ3v) is 3.53. The van der Waals surface area contributed by atoms with Crippen molar-refractivity contribution in [2.75, 3.05) is 13.1 Å². The van der Waals surface area contributed by atoms with Crippen LogP contribution in [-0.4, -0.2) is 25.7 Å². The van der Waals surface area contributed by atoms with E-state index in [9.17, 15) is 4.79 Å². The van der Waals surface area contributed by atoms with E-state index in [0.717, 1.165) is 12.3 Å². The van der Waals surface area contributed by atoms with Crippen LogP contribution >= 0.6 is 0 Å². The average molecular weight is 227 g/mol. The lowest BCUT2D eigenvalue weighted by molar-refractivity contribution is -0.136. The summed E-state index contributed by atoms with van der Waals surface area (Å²) in [5.41, 5.74) is 0. The maximum absolute atomic E-state index is 10.4. The molecule has 1 saturated heterocycles. The minimum atomic E-state index is 0.110. The van der Waals surface area contributed by atoms with Crippen molar-refractivity contribution in [2.45, 2.75) is 52.1 Å². The number of piperidine rings is 1. The Kier molecular flexibility index (Phi) is 6.46. The van der Waals surface area contributed by atoms with Crippen LogP contribution in [-0.2, 0) is 9.53 Å². The second-order valence-corrected chi connectivity index (χ2v) is 5.14. The van der Waals surface area contributed by atoms with Crippen molar-refractivity contribution >= 4 is 6.47 Å². The quantitative estimate of drug-likeness (QED) is 0.678. The molecular formula is C13H25NO2. The fraction of sp³-hybridized carbons (Fsp3) is 0.923. The number of rotatable bonds is 7. The van der Waals surface area contributed by atoms with Crippen molar-refractivity contribution in [3.05, 3.63) is 0 Å². The van der Waals surface area contributed by atoms with Crippen LogP contribution in [0.5, 0.6) is 0 Å². The highest BCUT2D eigenvalue weighted by Gasteiger charge is 2.16. The Balaban J connectivity index is 2.13. The highest BCUT2D eigenvalue weighted by atomic mass is 16.5. The van der Waals surface area contributed by atoms with Gasteiger partial charge in [-0.25, -0.2) is 0 Å². The molecule has 0 bridgehead atoms. The molecule has 1 fully saturated rings. The standard InChI is InChI=1S/C13H25NO2/c1-11(2)13(16-10-15)5-3-4-12-6-8-14-9-7-12/h10-14H,3-9H2,1-2H3. The van der Waals surface area contributed by atoms with Gasteiger partial charge in [-0.1, -0.05) is 20.3 Å². The van der Waals surface area contributed by atoms with Crippen LogP contribution in [0.4, 0.5) is 0 Å². The summed E-state index contributed by atoms with van der Waals surface area (Å²) in [5.74, 6) is 1.31. The van der Waals surface area contributed by atoms with E-state index in [0.29, 0.717) is 12.4 Å². The van der Waals surface area contributed by atoms with Gasteiger partial charge in [0.05, 0.1) is 0 Å². The molecule has 1 unspecified atom stereocenters. The van der Waals surface area contributed by atoms with Crippen LogP contribution in [0.1, 0.15) is 46.0 Å². The molecule has 0 aromatic carbocycles. The molecule has 1 rings (SSSR count). The molecule has 0 aliphatic carbocycles. The Bertz CT molecular complexity index is 188. The summed E-state index contributed by atoms with van der Waals surface area (Å²) in [6.45, 7) is 7.15. The number of nitrogens with one attached hydrogen (secondary N) is 1. The summed E-state index contributed by atoms with van der Waals surface area (Å²) in [7, 11) is 0. The Hall–Kier alpha value is -0.570. The number of carbonyl (C=O) groups excluding carboxylic acids is 1. The zero-order valence-corrected chi connectivity index (χ0v) is 10.6. The van der Waals surface area contributed by atoms with Gasteiger partial charge in [0.2, 0.25) is 0 Å². The van der Waals surface area contributed by atoms with Crippen LogP contribution in [0.15, 0.2) is 0 Å². The lowest BCUT2D eigenvalue weighted by Crippen LogP contribution is -2.28. The largest absolute Gasteiger partial charge is 0.464 e. The van der Waals surface area contributed by atoms with Gasteiger partial charge in [-0.05, 0) is 50.6 Å². The lowest BCUT2D eigenvalue weighted by atomic mass is 9.91. The molecule has 16 heavy (non-hydrogen) atoms. The van der Waals surface area contributed by atoms with Gasteiger partial charge in [0, 0.05) is 0 Å². The van der Waals surface area contributed by atoms with Gasteiger partial charge in [-0.2, -0.15) is 0 Å². The van der Waals surface area contributed by atoms with Gasteiger partial charge in [-0.3, -0.25) is 4.79 Å². The van der Waals surface area contributed by atoms with E-state index in [1.54, 1.807) is 0 Å². The SMILES string of the molecule is CC(C)C(CCCC1CCNCC1)OC=O. The molecule has 0 saturated carbocycles. The monoisotopic (exact) mass is 227 g/mol. The summed E-state index contributed by atoms with van der Waals surface area (Å²) >= 11 is 0. The molecule has 3 heteroatoms. The highest BCUT2D eigenvalue weighted by Crippen LogP contribution is 2.21. The average Bonchev–Trinajstić information content (AvgIpc) is 2.29. The molecule has 0 radical (unpaired) electrons. The van der Waals surface area contributed by atoms with Crippen molar-refractivity contribution in [3.8, 4) is 0 Å². The molecule has 3 nitrogen and oxygen atoms in total. The minimum absolute atomic E-state index is 0.110. The van der Waals surface area contributed by atoms with Crippen LogP contribution < -0.4 is 5.32 Å². The molecular weight excluding hydrogens is 202 g/mol. The molecule has 0 aromatic rings. The predicted octanol–water partition coefficient (Wildman–Crippen LogP) is 2.35. The first-order valence-corrected chi connectivity index (χ1v) is 6.54. The van der Waals surface area contributed by atoms with Crippen molar-refractivity contribution in [2.24, 2.45) is 11.8 Å². The van der Waals surface area contributed by atoms with Crippen LogP contribution in [0.2, 0.25) is 0 Å².